The van der Waals surface area contributed by atoms with Crippen LogP contribution in [0.5, 0.6) is 5.75 Å². The summed E-state index contributed by atoms with van der Waals surface area (Å²) in [6.45, 7) is 7.74. The van der Waals surface area contributed by atoms with Gasteiger partial charge in [0, 0.05) is 32.6 Å². The van der Waals surface area contributed by atoms with Crippen molar-refractivity contribution in [3.05, 3.63) is 75.3 Å². The van der Waals surface area contributed by atoms with Gasteiger partial charge in [0.05, 0.1) is 12.3 Å². The summed E-state index contributed by atoms with van der Waals surface area (Å²) in [6, 6.07) is 15.0. The van der Waals surface area contributed by atoms with Gasteiger partial charge in [0.1, 0.15) is 10.6 Å². The topological polar surface area (TPSA) is 83.6 Å². The van der Waals surface area contributed by atoms with Crippen LogP contribution in [-0.4, -0.2) is 34.8 Å². The smallest absolute Gasteiger partial charge is 0.263 e. The second-order valence-corrected chi connectivity index (χ2v) is 11.0. The fourth-order valence-corrected chi connectivity index (χ4v) is 5.36. The van der Waals surface area contributed by atoms with Gasteiger partial charge in [-0.2, -0.15) is 0 Å². The average molecular weight is 519 g/mol. The van der Waals surface area contributed by atoms with E-state index in [-0.39, 0.29) is 11.8 Å². The largest absolute Gasteiger partial charge is 0.493 e. The third-order valence-electron chi connectivity index (χ3n) is 6.90. The van der Waals surface area contributed by atoms with Crippen molar-refractivity contribution in [2.45, 2.75) is 59.2 Å². The third-order valence-corrected chi connectivity index (χ3v) is 7.98. The maximum Gasteiger partial charge on any atom is 0.263 e. The Bertz CT molecular complexity index is 1270. The molecule has 7 nitrogen and oxygen atoms in total. The number of nitrogens with zero attached hydrogens (tertiary/aromatic N) is 2. The molecular weight excluding hydrogens is 484 g/mol. The van der Waals surface area contributed by atoms with E-state index in [2.05, 4.69) is 63.0 Å². The lowest BCUT2D eigenvalue weighted by Crippen LogP contribution is -2.30. The Balaban J connectivity index is 1.10. The third kappa shape index (κ3) is 6.76. The van der Waals surface area contributed by atoms with Crippen LogP contribution in [-0.2, 0) is 30.8 Å². The fourth-order valence-electron chi connectivity index (χ4n) is 4.46. The second kappa shape index (κ2) is 11.4. The molecule has 1 aliphatic carbocycles. The number of rotatable bonds is 10. The lowest BCUT2D eigenvalue weighted by Gasteiger charge is -2.29. The summed E-state index contributed by atoms with van der Waals surface area (Å²) in [5.74, 6) is 1.49. The molecule has 2 heterocycles. The maximum atomic E-state index is 12.7. The van der Waals surface area contributed by atoms with Crippen LogP contribution in [0.25, 0.3) is 0 Å². The number of anilines is 1. The number of carbonyl (C=O) groups excluding carboxylic acids is 2. The van der Waals surface area contributed by atoms with E-state index in [1.165, 1.54) is 40.9 Å². The zero-order valence-electron chi connectivity index (χ0n) is 21.5. The number of thiazole rings is 1. The quantitative estimate of drug-likeness (QED) is 0.391. The predicted octanol–water partition coefficient (Wildman–Crippen LogP) is 5.08. The molecular formula is C29H34N4O3S. The SMILES string of the molecule is CCC(=O)Nc1nc(C)c(C(=O)NCc2ccc(CN3CCc4cc(OCC5CC5)ccc4C3)cc2)s1. The van der Waals surface area contributed by atoms with Crippen LogP contribution in [0.3, 0.4) is 0 Å². The molecule has 3 aromatic rings. The minimum absolute atomic E-state index is 0.113. The van der Waals surface area contributed by atoms with E-state index in [9.17, 15) is 9.59 Å². The van der Waals surface area contributed by atoms with E-state index in [1.54, 1.807) is 13.8 Å². The monoisotopic (exact) mass is 518 g/mol. The van der Waals surface area contributed by atoms with E-state index in [4.69, 9.17) is 4.74 Å². The van der Waals surface area contributed by atoms with E-state index in [1.807, 2.05) is 0 Å². The zero-order chi connectivity index (χ0) is 25.8. The molecule has 0 atom stereocenters. The van der Waals surface area contributed by atoms with Gasteiger partial charge in [-0.15, -0.1) is 0 Å². The summed E-state index contributed by atoms with van der Waals surface area (Å²) in [5, 5.41) is 6.15. The number of fused-ring (bicyclic) bond motifs is 1. The van der Waals surface area contributed by atoms with Gasteiger partial charge < -0.3 is 15.4 Å². The molecule has 1 fully saturated rings. The van der Waals surface area contributed by atoms with Crippen LogP contribution in [0.1, 0.15) is 63.8 Å². The molecule has 2 N–H and O–H groups in total. The van der Waals surface area contributed by atoms with Gasteiger partial charge in [-0.25, -0.2) is 4.98 Å². The lowest BCUT2D eigenvalue weighted by molar-refractivity contribution is -0.115. The Hall–Kier alpha value is -3.23. The summed E-state index contributed by atoms with van der Waals surface area (Å²) in [6.07, 6.45) is 4.03. The number of amides is 2. The standard InChI is InChI=1S/C29H34N4O3S/c1-3-26(34)32-29-31-19(2)27(37-29)28(35)30-15-20-4-6-21(7-5-20)16-33-13-12-23-14-25(11-10-24(23)17-33)36-18-22-8-9-22/h4-7,10-11,14,22H,3,8-9,12-13,15-18H2,1-2H3,(H,30,35)(H,31,32,34). The number of hydrogen-bond donors (Lipinski definition) is 2. The molecule has 37 heavy (non-hydrogen) atoms. The Morgan fingerprint density at radius 3 is 2.65 bits per heavy atom. The molecule has 1 saturated carbocycles. The van der Waals surface area contributed by atoms with E-state index in [0.29, 0.717) is 28.7 Å². The highest BCUT2D eigenvalue weighted by Gasteiger charge is 2.23. The first-order valence-corrected chi connectivity index (χ1v) is 13.9. The first kappa shape index (κ1) is 25.4. The van der Waals surface area contributed by atoms with Gasteiger partial charge in [-0.1, -0.05) is 48.6 Å². The van der Waals surface area contributed by atoms with E-state index >= 15 is 0 Å². The molecule has 8 heteroatoms. The molecule has 0 bridgehead atoms. The number of benzene rings is 2. The van der Waals surface area contributed by atoms with Crippen molar-refractivity contribution in [1.82, 2.24) is 15.2 Å². The minimum Gasteiger partial charge on any atom is -0.493 e. The maximum absolute atomic E-state index is 12.7. The molecule has 0 saturated heterocycles. The van der Waals surface area contributed by atoms with Crippen molar-refractivity contribution < 1.29 is 14.3 Å². The van der Waals surface area contributed by atoms with E-state index in [0.717, 1.165) is 49.9 Å². The van der Waals surface area contributed by atoms with Crippen molar-refractivity contribution in [3.63, 3.8) is 0 Å². The van der Waals surface area contributed by atoms with Gasteiger partial charge in [-0.3, -0.25) is 14.5 Å². The molecule has 0 unspecified atom stereocenters. The number of aromatic nitrogens is 1. The second-order valence-electron chi connectivity index (χ2n) is 9.98. The van der Waals surface area contributed by atoms with Crippen molar-refractivity contribution in [2.75, 3.05) is 18.5 Å². The molecule has 194 valence electrons. The molecule has 1 aliphatic heterocycles. The highest BCUT2D eigenvalue weighted by Crippen LogP contribution is 2.31. The van der Waals surface area contributed by atoms with Gasteiger partial charge in [0.25, 0.3) is 5.91 Å². The van der Waals surface area contributed by atoms with Crippen LogP contribution in [0.15, 0.2) is 42.5 Å². The molecule has 2 amide bonds. The van der Waals surface area contributed by atoms with E-state index < -0.39 is 0 Å². The number of aryl methyl sites for hydroxylation is 1. The molecule has 2 aliphatic rings. The van der Waals surface area contributed by atoms with Crippen molar-refractivity contribution in [3.8, 4) is 5.75 Å². The van der Waals surface area contributed by atoms with Gasteiger partial charge in [0.2, 0.25) is 5.91 Å². The predicted molar refractivity (Wildman–Crippen MR) is 146 cm³/mol. The lowest BCUT2D eigenvalue weighted by atomic mass is 9.99. The summed E-state index contributed by atoms with van der Waals surface area (Å²) in [4.78, 5) is 31.5. The average Bonchev–Trinajstić information content (AvgIpc) is 3.67. The fraction of sp³-hybridized carbons (Fsp3) is 0.414. The zero-order valence-corrected chi connectivity index (χ0v) is 22.3. The number of hydrogen-bond acceptors (Lipinski definition) is 6. The van der Waals surface area contributed by atoms with Crippen molar-refractivity contribution in [2.24, 2.45) is 5.92 Å². The Labute approximate surface area is 222 Å². The molecule has 2 aromatic carbocycles. The van der Waals surface area contributed by atoms with Gasteiger partial charge >= 0.3 is 0 Å². The first-order valence-electron chi connectivity index (χ1n) is 13.1. The summed E-state index contributed by atoms with van der Waals surface area (Å²) in [7, 11) is 0. The summed E-state index contributed by atoms with van der Waals surface area (Å²) < 4.78 is 5.96. The molecule has 5 rings (SSSR count). The van der Waals surface area contributed by atoms with Gasteiger partial charge in [-0.05, 0) is 66.5 Å². The number of nitrogens with one attached hydrogen (secondary N) is 2. The summed E-state index contributed by atoms with van der Waals surface area (Å²) >= 11 is 1.20. The van der Waals surface area contributed by atoms with Gasteiger partial charge in [0.15, 0.2) is 5.13 Å². The van der Waals surface area contributed by atoms with Crippen molar-refractivity contribution in [1.29, 1.82) is 0 Å². The molecule has 1 aromatic heterocycles. The van der Waals surface area contributed by atoms with Crippen LogP contribution in [0.2, 0.25) is 0 Å². The Morgan fingerprint density at radius 2 is 1.89 bits per heavy atom. The Kier molecular flexibility index (Phi) is 7.86. The van der Waals surface area contributed by atoms with Crippen LogP contribution >= 0.6 is 11.3 Å². The Morgan fingerprint density at radius 1 is 1.11 bits per heavy atom. The number of ether oxygens (including phenoxy) is 1. The van der Waals surface area contributed by atoms with Crippen LogP contribution in [0.4, 0.5) is 5.13 Å². The highest BCUT2D eigenvalue weighted by molar-refractivity contribution is 7.17. The number of carbonyl (C=O) groups is 2. The first-order chi connectivity index (χ1) is 18.0. The van der Waals surface area contributed by atoms with Crippen LogP contribution in [0, 0.1) is 12.8 Å². The highest BCUT2D eigenvalue weighted by atomic mass is 32.1. The summed E-state index contributed by atoms with van der Waals surface area (Å²) in [5.41, 5.74) is 5.72. The molecule has 0 spiro atoms. The molecule has 0 radical (unpaired) electrons. The minimum atomic E-state index is -0.177. The normalized spacial score (nSPS) is 15.2. The van der Waals surface area contributed by atoms with Crippen molar-refractivity contribution >= 4 is 28.3 Å². The van der Waals surface area contributed by atoms with Crippen LogP contribution < -0.4 is 15.4 Å².